The van der Waals surface area contributed by atoms with Crippen molar-refractivity contribution in [1.82, 2.24) is 14.2 Å². The second-order valence-corrected chi connectivity index (χ2v) is 7.24. The van der Waals surface area contributed by atoms with E-state index in [1.165, 1.54) is 0 Å². The zero-order valence-corrected chi connectivity index (χ0v) is 12.7. The molecule has 2 N–H and O–H groups in total. The molecule has 0 bridgehead atoms. The fourth-order valence-corrected chi connectivity index (χ4v) is 3.92. The summed E-state index contributed by atoms with van der Waals surface area (Å²) in [5.74, 6) is 0.428. The van der Waals surface area contributed by atoms with Gasteiger partial charge in [0.25, 0.3) is 0 Å². The van der Waals surface area contributed by atoms with E-state index in [-0.39, 0.29) is 0 Å². The third-order valence-corrected chi connectivity index (χ3v) is 5.68. The van der Waals surface area contributed by atoms with Crippen LogP contribution in [0.3, 0.4) is 0 Å². The number of anilines is 1. The number of hydrogen-bond donors (Lipinski definition) is 1. The number of aromatic nitrogens is 1. The van der Waals surface area contributed by atoms with Gasteiger partial charge >= 0.3 is 0 Å². The molecule has 1 saturated heterocycles. The molecule has 1 aliphatic heterocycles. The van der Waals surface area contributed by atoms with Crippen LogP contribution >= 0.6 is 0 Å². The van der Waals surface area contributed by atoms with Gasteiger partial charge in [0.15, 0.2) is 0 Å². The molecule has 6 nitrogen and oxygen atoms in total. The third-order valence-electron chi connectivity index (χ3n) is 3.78. The van der Waals surface area contributed by atoms with Gasteiger partial charge in [-0.1, -0.05) is 0 Å². The number of sulfonamides is 1. The number of hydrogen-bond acceptors (Lipinski definition) is 5. The molecule has 2 aromatic rings. The highest BCUT2D eigenvalue weighted by atomic mass is 32.2. The van der Waals surface area contributed by atoms with Crippen LogP contribution in [0, 0.1) is 0 Å². The van der Waals surface area contributed by atoms with E-state index in [4.69, 9.17) is 5.73 Å². The summed E-state index contributed by atoms with van der Waals surface area (Å²) in [4.78, 5) is 6.62. The van der Waals surface area contributed by atoms with Crippen molar-refractivity contribution in [3.8, 4) is 0 Å². The van der Waals surface area contributed by atoms with Gasteiger partial charge in [0.2, 0.25) is 10.0 Å². The molecule has 0 saturated carbocycles. The van der Waals surface area contributed by atoms with Crippen molar-refractivity contribution in [3.05, 3.63) is 30.3 Å². The maximum absolute atomic E-state index is 12.7. The van der Waals surface area contributed by atoms with E-state index in [2.05, 4.69) is 9.88 Å². The van der Waals surface area contributed by atoms with Gasteiger partial charge in [-0.25, -0.2) is 13.4 Å². The first-order chi connectivity index (χ1) is 9.96. The van der Waals surface area contributed by atoms with Gasteiger partial charge in [-0.05, 0) is 37.4 Å². The fraction of sp³-hybridized carbons (Fsp3) is 0.357. The quantitative estimate of drug-likeness (QED) is 0.886. The molecule has 0 spiro atoms. The zero-order chi connectivity index (χ0) is 15.0. The van der Waals surface area contributed by atoms with Crippen LogP contribution in [-0.2, 0) is 10.0 Å². The molecule has 1 aromatic heterocycles. The minimum Gasteiger partial charge on any atom is -0.384 e. The second kappa shape index (κ2) is 5.25. The standard InChI is InChI=1S/C14H18N4O2S/c1-17-6-8-18(9-7-17)21(19,20)12-3-4-13-11(10-12)2-5-14(15)16-13/h2-5,10H,6-9H2,1H3,(H2,15,16). The minimum atomic E-state index is -3.44. The molecule has 0 amide bonds. The van der Waals surface area contributed by atoms with E-state index in [0.717, 1.165) is 18.5 Å². The summed E-state index contributed by atoms with van der Waals surface area (Å²) in [6.45, 7) is 2.56. The summed E-state index contributed by atoms with van der Waals surface area (Å²) in [6, 6.07) is 8.43. The Labute approximate surface area is 124 Å². The second-order valence-electron chi connectivity index (χ2n) is 5.30. The van der Waals surface area contributed by atoms with Gasteiger partial charge in [-0.15, -0.1) is 0 Å². The summed E-state index contributed by atoms with van der Waals surface area (Å²) in [7, 11) is -1.44. The summed E-state index contributed by atoms with van der Waals surface area (Å²) >= 11 is 0. The first kappa shape index (κ1) is 14.2. The first-order valence-electron chi connectivity index (χ1n) is 6.82. The van der Waals surface area contributed by atoms with Crippen LogP contribution in [-0.4, -0.2) is 55.8 Å². The van der Waals surface area contributed by atoms with Crippen molar-refractivity contribution in [2.24, 2.45) is 0 Å². The molecule has 112 valence electrons. The number of pyridine rings is 1. The Morgan fingerprint density at radius 1 is 1.10 bits per heavy atom. The Morgan fingerprint density at radius 3 is 2.52 bits per heavy atom. The largest absolute Gasteiger partial charge is 0.384 e. The Hall–Kier alpha value is -1.70. The van der Waals surface area contributed by atoms with Gasteiger partial charge in [0.1, 0.15) is 5.82 Å². The monoisotopic (exact) mass is 306 g/mol. The highest BCUT2D eigenvalue weighted by molar-refractivity contribution is 7.89. The van der Waals surface area contributed by atoms with E-state index in [1.807, 2.05) is 7.05 Å². The molecule has 0 radical (unpaired) electrons. The Kier molecular flexibility index (Phi) is 3.56. The van der Waals surface area contributed by atoms with Crippen molar-refractivity contribution in [1.29, 1.82) is 0 Å². The smallest absolute Gasteiger partial charge is 0.243 e. The number of nitrogen functional groups attached to an aromatic ring is 1. The highest BCUT2D eigenvalue weighted by Crippen LogP contribution is 2.22. The fourth-order valence-electron chi connectivity index (χ4n) is 2.46. The van der Waals surface area contributed by atoms with E-state index < -0.39 is 10.0 Å². The van der Waals surface area contributed by atoms with Gasteiger partial charge in [0.05, 0.1) is 10.4 Å². The van der Waals surface area contributed by atoms with E-state index in [9.17, 15) is 8.42 Å². The van der Waals surface area contributed by atoms with Crippen LogP contribution in [0.2, 0.25) is 0 Å². The predicted octanol–water partition coefficient (Wildman–Crippen LogP) is 0.753. The van der Waals surface area contributed by atoms with Crippen LogP contribution in [0.15, 0.2) is 35.2 Å². The lowest BCUT2D eigenvalue weighted by molar-refractivity contribution is 0.222. The maximum atomic E-state index is 12.7. The van der Waals surface area contributed by atoms with Crippen molar-refractivity contribution in [2.45, 2.75) is 4.90 Å². The molecule has 0 atom stereocenters. The Balaban J connectivity index is 1.97. The number of benzene rings is 1. The van der Waals surface area contributed by atoms with Crippen molar-refractivity contribution in [2.75, 3.05) is 39.0 Å². The highest BCUT2D eigenvalue weighted by Gasteiger charge is 2.27. The summed E-state index contributed by atoms with van der Waals surface area (Å²) in [6.07, 6.45) is 0. The molecular weight excluding hydrogens is 288 g/mol. The normalized spacial score (nSPS) is 18.1. The molecule has 7 heteroatoms. The predicted molar refractivity (Wildman–Crippen MR) is 82.4 cm³/mol. The van der Waals surface area contributed by atoms with Crippen molar-refractivity contribution < 1.29 is 8.42 Å². The molecule has 0 aliphatic carbocycles. The number of likely N-dealkylation sites (N-methyl/N-ethyl adjacent to an activating group) is 1. The number of piperazine rings is 1. The van der Waals surface area contributed by atoms with E-state index in [1.54, 1.807) is 34.6 Å². The first-order valence-corrected chi connectivity index (χ1v) is 8.26. The van der Waals surface area contributed by atoms with Crippen molar-refractivity contribution in [3.63, 3.8) is 0 Å². The maximum Gasteiger partial charge on any atom is 0.243 e. The Bertz CT molecular complexity index is 768. The molecule has 1 aliphatic rings. The topological polar surface area (TPSA) is 79.5 Å². The number of nitrogens with two attached hydrogens (primary N) is 1. The molecule has 21 heavy (non-hydrogen) atoms. The van der Waals surface area contributed by atoms with Crippen LogP contribution in [0.1, 0.15) is 0 Å². The van der Waals surface area contributed by atoms with Gasteiger partial charge in [0, 0.05) is 31.6 Å². The van der Waals surface area contributed by atoms with Crippen LogP contribution < -0.4 is 5.73 Å². The van der Waals surface area contributed by atoms with Crippen LogP contribution in [0.5, 0.6) is 0 Å². The zero-order valence-electron chi connectivity index (χ0n) is 11.9. The number of fused-ring (bicyclic) bond motifs is 1. The average Bonchev–Trinajstić information content (AvgIpc) is 2.47. The van der Waals surface area contributed by atoms with Crippen LogP contribution in [0.4, 0.5) is 5.82 Å². The summed E-state index contributed by atoms with van der Waals surface area (Å²) in [5.41, 5.74) is 6.34. The van der Waals surface area contributed by atoms with Gasteiger partial charge in [-0.2, -0.15) is 4.31 Å². The molecule has 2 heterocycles. The lowest BCUT2D eigenvalue weighted by atomic mass is 10.2. The molecule has 3 rings (SSSR count). The van der Waals surface area contributed by atoms with Crippen molar-refractivity contribution >= 4 is 26.7 Å². The molecular formula is C14H18N4O2S. The summed E-state index contributed by atoms with van der Waals surface area (Å²) in [5, 5.41) is 0.777. The SMILES string of the molecule is CN1CCN(S(=O)(=O)c2ccc3nc(N)ccc3c2)CC1. The summed E-state index contributed by atoms with van der Waals surface area (Å²) < 4.78 is 26.9. The Morgan fingerprint density at radius 2 is 1.81 bits per heavy atom. The molecule has 1 aromatic carbocycles. The molecule has 1 fully saturated rings. The minimum absolute atomic E-state index is 0.311. The lowest BCUT2D eigenvalue weighted by Gasteiger charge is -2.31. The lowest BCUT2D eigenvalue weighted by Crippen LogP contribution is -2.46. The van der Waals surface area contributed by atoms with Gasteiger partial charge in [-0.3, -0.25) is 0 Å². The number of nitrogens with zero attached hydrogens (tertiary/aromatic N) is 3. The van der Waals surface area contributed by atoms with E-state index in [0.29, 0.717) is 29.3 Å². The van der Waals surface area contributed by atoms with Gasteiger partial charge < -0.3 is 10.6 Å². The van der Waals surface area contributed by atoms with Crippen LogP contribution in [0.25, 0.3) is 10.9 Å². The average molecular weight is 306 g/mol. The molecule has 0 unspecified atom stereocenters. The van der Waals surface area contributed by atoms with E-state index >= 15 is 0 Å². The number of rotatable bonds is 2. The third kappa shape index (κ3) is 2.72.